The zero-order chi connectivity index (χ0) is 14.8. The summed E-state index contributed by atoms with van der Waals surface area (Å²) in [5.74, 6) is 0.367. The standard InChI is InChI=1S/C17H24N2O/c1-4-15(18)14-12-17(14,13-10-8-7-9-11-13)16(20)19(5-2)6-3/h4,7-11,14-15H,1,5-6,12,18H2,2-3H3/t14-,15-,17+/m0/s1. The largest absolute Gasteiger partial charge is 0.342 e. The Balaban J connectivity index is 2.38. The van der Waals surface area contributed by atoms with Gasteiger partial charge in [0.15, 0.2) is 0 Å². The van der Waals surface area contributed by atoms with Crippen LogP contribution in [-0.2, 0) is 10.2 Å². The van der Waals surface area contributed by atoms with Gasteiger partial charge in [-0.05, 0) is 31.7 Å². The van der Waals surface area contributed by atoms with Crippen LogP contribution < -0.4 is 5.73 Å². The van der Waals surface area contributed by atoms with Gasteiger partial charge in [0.1, 0.15) is 0 Å². The minimum atomic E-state index is -0.444. The predicted octanol–water partition coefficient (Wildman–Crippen LogP) is 2.33. The number of carbonyl (C=O) groups is 1. The Bertz CT molecular complexity index is 481. The average molecular weight is 272 g/mol. The van der Waals surface area contributed by atoms with Gasteiger partial charge in [-0.3, -0.25) is 4.79 Å². The summed E-state index contributed by atoms with van der Waals surface area (Å²) in [5.41, 5.74) is 6.76. The van der Waals surface area contributed by atoms with E-state index in [1.54, 1.807) is 6.08 Å². The lowest BCUT2D eigenvalue weighted by Crippen LogP contribution is -2.42. The lowest BCUT2D eigenvalue weighted by atomic mass is 9.89. The number of rotatable bonds is 6. The Morgan fingerprint density at radius 3 is 2.55 bits per heavy atom. The zero-order valence-electron chi connectivity index (χ0n) is 12.4. The van der Waals surface area contributed by atoms with Crippen molar-refractivity contribution in [3.63, 3.8) is 0 Å². The fourth-order valence-electron chi connectivity index (χ4n) is 3.15. The maximum absolute atomic E-state index is 13.0. The molecule has 1 aliphatic carbocycles. The molecule has 0 aromatic heterocycles. The topological polar surface area (TPSA) is 46.3 Å². The average Bonchev–Trinajstić information content (AvgIpc) is 3.25. The van der Waals surface area contributed by atoms with Crippen molar-refractivity contribution >= 4 is 5.91 Å². The summed E-state index contributed by atoms with van der Waals surface area (Å²) in [6.07, 6.45) is 2.57. The lowest BCUT2D eigenvalue weighted by Gasteiger charge is -2.27. The molecule has 108 valence electrons. The fraction of sp³-hybridized carbons (Fsp3) is 0.471. The molecule has 1 fully saturated rings. The lowest BCUT2D eigenvalue weighted by molar-refractivity contribution is -0.134. The first-order chi connectivity index (χ1) is 9.61. The van der Waals surface area contributed by atoms with Gasteiger partial charge in [-0.1, -0.05) is 36.4 Å². The van der Waals surface area contributed by atoms with Crippen LogP contribution in [-0.4, -0.2) is 29.9 Å². The molecule has 0 spiro atoms. The highest BCUT2D eigenvalue weighted by atomic mass is 16.2. The minimum Gasteiger partial charge on any atom is -0.342 e. The van der Waals surface area contributed by atoms with E-state index in [0.29, 0.717) is 0 Å². The summed E-state index contributed by atoms with van der Waals surface area (Å²) in [6, 6.07) is 9.90. The number of benzene rings is 1. The van der Waals surface area contributed by atoms with Gasteiger partial charge in [0.05, 0.1) is 5.41 Å². The van der Waals surface area contributed by atoms with Gasteiger partial charge in [-0.25, -0.2) is 0 Å². The van der Waals surface area contributed by atoms with Crippen molar-refractivity contribution in [3.05, 3.63) is 48.6 Å². The van der Waals surface area contributed by atoms with E-state index < -0.39 is 5.41 Å². The molecular formula is C17H24N2O. The molecule has 0 radical (unpaired) electrons. The second kappa shape index (κ2) is 5.80. The molecule has 0 unspecified atom stereocenters. The van der Waals surface area contributed by atoms with Crippen LogP contribution in [0.25, 0.3) is 0 Å². The van der Waals surface area contributed by atoms with Crippen LogP contribution >= 0.6 is 0 Å². The van der Waals surface area contributed by atoms with E-state index in [9.17, 15) is 4.79 Å². The minimum absolute atomic E-state index is 0.130. The third-order valence-electron chi connectivity index (χ3n) is 4.47. The SMILES string of the molecule is C=C[C@H](N)[C@@H]1C[C@@]1(C(=O)N(CC)CC)c1ccccc1. The van der Waals surface area contributed by atoms with E-state index in [-0.39, 0.29) is 17.9 Å². The van der Waals surface area contributed by atoms with Gasteiger partial charge >= 0.3 is 0 Å². The maximum atomic E-state index is 13.0. The van der Waals surface area contributed by atoms with Gasteiger partial charge in [0.2, 0.25) is 5.91 Å². The van der Waals surface area contributed by atoms with E-state index in [0.717, 1.165) is 25.1 Å². The third-order valence-corrected chi connectivity index (χ3v) is 4.47. The first-order valence-electron chi connectivity index (χ1n) is 7.34. The number of hydrogen-bond donors (Lipinski definition) is 1. The van der Waals surface area contributed by atoms with Crippen LogP contribution in [0, 0.1) is 5.92 Å². The molecule has 1 aromatic rings. The molecule has 3 nitrogen and oxygen atoms in total. The van der Waals surface area contributed by atoms with Crippen molar-refractivity contribution < 1.29 is 4.79 Å². The Morgan fingerprint density at radius 2 is 2.05 bits per heavy atom. The zero-order valence-corrected chi connectivity index (χ0v) is 12.4. The van der Waals surface area contributed by atoms with Crippen LogP contribution in [0.3, 0.4) is 0 Å². The summed E-state index contributed by atoms with van der Waals surface area (Å²) < 4.78 is 0. The van der Waals surface area contributed by atoms with Crippen LogP contribution in [0.4, 0.5) is 0 Å². The summed E-state index contributed by atoms with van der Waals surface area (Å²) in [5, 5.41) is 0. The highest BCUT2D eigenvalue weighted by Crippen LogP contribution is 2.56. The molecule has 1 aromatic carbocycles. The van der Waals surface area contributed by atoms with Crippen molar-refractivity contribution in [1.29, 1.82) is 0 Å². The molecule has 3 atom stereocenters. The van der Waals surface area contributed by atoms with Gasteiger partial charge in [-0.15, -0.1) is 6.58 Å². The third kappa shape index (κ3) is 2.27. The first kappa shape index (κ1) is 14.8. The monoisotopic (exact) mass is 272 g/mol. The molecule has 2 N–H and O–H groups in total. The van der Waals surface area contributed by atoms with E-state index in [4.69, 9.17) is 5.73 Å². The molecule has 1 saturated carbocycles. The first-order valence-corrected chi connectivity index (χ1v) is 7.34. The maximum Gasteiger partial charge on any atom is 0.233 e. The highest BCUT2D eigenvalue weighted by Gasteiger charge is 2.63. The van der Waals surface area contributed by atoms with Crippen LogP contribution in [0.1, 0.15) is 25.8 Å². The highest BCUT2D eigenvalue weighted by molar-refractivity contribution is 5.92. The molecule has 0 aliphatic heterocycles. The number of nitrogens with two attached hydrogens (primary N) is 1. The number of likely N-dealkylation sites (N-methyl/N-ethyl adjacent to an activating group) is 1. The van der Waals surface area contributed by atoms with Crippen LogP contribution in [0.2, 0.25) is 0 Å². The Hall–Kier alpha value is -1.61. The second-order valence-corrected chi connectivity index (χ2v) is 5.44. The van der Waals surface area contributed by atoms with Crippen molar-refractivity contribution in [1.82, 2.24) is 4.90 Å². The van der Waals surface area contributed by atoms with Crippen molar-refractivity contribution in [2.75, 3.05) is 13.1 Å². The Labute approximate surface area is 121 Å². The molecular weight excluding hydrogens is 248 g/mol. The van der Waals surface area contributed by atoms with Crippen molar-refractivity contribution in [3.8, 4) is 0 Å². The van der Waals surface area contributed by atoms with E-state index >= 15 is 0 Å². The second-order valence-electron chi connectivity index (χ2n) is 5.44. The van der Waals surface area contributed by atoms with Gasteiger partial charge in [-0.2, -0.15) is 0 Å². The normalized spacial score (nSPS) is 25.9. The summed E-state index contributed by atoms with van der Waals surface area (Å²) in [4.78, 5) is 14.9. The smallest absolute Gasteiger partial charge is 0.233 e. The van der Waals surface area contributed by atoms with E-state index in [1.807, 2.05) is 49.1 Å². The molecule has 0 saturated heterocycles. The molecule has 20 heavy (non-hydrogen) atoms. The predicted molar refractivity (Wildman–Crippen MR) is 82.3 cm³/mol. The summed E-state index contributed by atoms with van der Waals surface area (Å²) in [6.45, 7) is 9.29. The number of carbonyl (C=O) groups excluding carboxylic acids is 1. The van der Waals surface area contributed by atoms with Crippen LogP contribution in [0.15, 0.2) is 43.0 Å². The van der Waals surface area contributed by atoms with Crippen molar-refractivity contribution in [2.45, 2.75) is 31.7 Å². The van der Waals surface area contributed by atoms with Gasteiger partial charge < -0.3 is 10.6 Å². The van der Waals surface area contributed by atoms with Gasteiger partial charge in [0, 0.05) is 19.1 Å². The van der Waals surface area contributed by atoms with Crippen LogP contribution in [0.5, 0.6) is 0 Å². The number of amides is 1. The molecule has 0 heterocycles. The van der Waals surface area contributed by atoms with Gasteiger partial charge in [0.25, 0.3) is 0 Å². The molecule has 1 aliphatic rings. The quantitative estimate of drug-likeness (QED) is 0.808. The molecule has 0 bridgehead atoms. The van der Waals surface area contributed by atoms with E-state index in [2.05, 4.69) is 6.58 Å². The molecule has 1 amide bonds. The van der Waals surface area contributed by atoms with E-state index in [1.165, 1.54) is 0 Å². The number of hydrogen-bond acceptors (Lipinski definition) is 2. The summed E-state index contributed by atoms with van der Waals surface area (Å²) >= 11 is 0. The summed E-state index contributed by atoms with van der Waals surface area (Å²) in [7, 11) is 0. The molecule has 3 heteroatoms. The Kier molecular flexibility index (Phi) is 4.29. The molecule has 2 rings (SSSR count). The Morgan fingerprint density at radius 1 is 1.45 bits per heavy atom. The number of nitrogens with zero attached hydrogens (tertiary/aromatic N) is 1. The fourth-order valence-corrected chi connectivity index (χ4v) is 3.15. The van der Waals surface area contributed by atoms with Crippen molar-refractivity contribution in [2.24, 2.45) is 11.7 Å².